The number of aromatic nitrogens is 2. The minimum atomic E-state index is -0.413. The van der Waals surface area contributed by atoms with Gasteiger partial charge in [0.15, 0.2) is 0 Å². The zero-order chi connectivity index (χ0) is 11.1. The molecule has 3 rings (SSSR count). The molecule has 1 aromatic heterocycles. The number of benzene rings is 1. The molecule has 0 bridgehead atoms. The minimum absolute atomic E-state index is 0.116. The van der Waals surface area contributed by atoms with Crippen LogP contribution in [0.4, 0.5) is 4.39 Å². The van der Waals surface area contributed by atoms with Gasteiger partial charge in [0, 0.05) is 6.07 Å². The van der Waals surface area contributed by atoms with Crippen molar-refractivity contribution in [1.82, 2.24) is 15.3 Å². The summed E-state index contributed by atoms with van der Waals surface area (Å²) in [4.78, 5) is 7.56. The molecule has 0 saturated carbocycles. The predicted molar refractivity (Wildman–Crippen MR) is 61.0 cm³/mol. The summed E-state index contributed by atoms with van der Waals surface area (Å²) in [6.45, 7) is 1.01. The van der Waals surface area contributed by atoms with Crippen molar-refractivity contribution in [1.29, 1.82) is 0 Å². The van der Waals surface area contributed by atoms with Gasteiger partial charge in [-0.2, -0.15) is 0 Å². The topological polar surface area (TPSA) is 40.7 Å². The van der Waals surface area contributed by atoms with E-state index < -0.39 is 5.82 Å². The number of imidazole rings is 1. The van der Waals surface area contributed by atoms with Gasteiger partial charge in [-0.3, -0.25) is 0 Å². The molecule has 0 spiro atoms. The minimum Gasteiger partial charge on any atom is -0.341 e. The molecule has 1 fully saturated rings. The molecule has 5 heteroatoms. The van der Waals surface area contributed by atoms with E-state index in [4.69, 9.17) is 11.6 Å². The molecule has 0 radical (unpaired) electrons. The van der Waals surface area contributed by atoms with E-state index in [9.17, 15) is 4.39 Å². The molecule has 16 heavy (non-hydrogen) atoms. The van der Waals surface area contributed by atoms with Gasteiger partial charge in [-0.05, 0) is 25.5 Å². The maximum atomic E-state index is 13.2. The highest BCUT2D eigenvalue weighted by atomic mass is 35.5. The molecular weight excluding hydrogens is 229 g/mol. The van der Waals surface area contributed by atoms with Crippen LogP contribution in [0.15, 0.2) is 12.1 Å². The van der Waals surface area contributed by atoms with Gasteiger partial charge >= 0.3 is 0 Å². The van der Waals surface area contributed by atoms with Crippen LogP contribution in [0.1, 0.15) is 24.7 Å². The third-order valence-corrected chi connectivity index (χ3v) is 3.22. The van der Waals surface area contributed by atoms with Gasteiger partial charge in [0.25, 0.3) is 0 Å². The van der Waals surface area contributed by atoms with Crippen molar-refractivity contribution in [2.45, 2.75) is 18.9 Å². The number of H-pyrrole nitrogens is 1. The van der Waals surface area contributed by atoms with Crippen molar-refractivity contribution in [3.63, 3.8) is 0 Å². The average Bonchev–Trinajstić information content (AvgIpc) is 2.86. The summed E-state index contributed by atoms with van der Waals surface area (Å²) >= 11 is 5.71. The fourth-order valence-electron chi connectivity index (χ4n) is 2.11. The Morgan fingerprint density at radius 1 is 1.44 bits per heavy atom. The van der Waals surface area contributed by atoms with Crippen LogP contribution in [-0.4, -0.2) is 16.5 Å². The number of nitrogens with zero attached hydrogens (tertiary/aromatic N) is 1. The molecular formula is C11H11ClFN3. The highest BCUT2D eigenvalue weighted by molar-refractivity contribution is 6.31. The Hall–Kier alpha value is -1.13. The Morgan fingerprint density at radius 3 is 3.06 bits per heavy atom. The number of fused-ring (bicyclic) bond motifs is 1. The van der Waals surface area contributed by atoms with Gasteiger partial charge in [-0.15, -0.1) is 0 Å². The summed E-state index contributed by atoms with van der Waals surface area (Å²) in [6.07, 6.45) is 2.22. The SMILES string of the molecule is Fc1cc2[nH]c(C3CCCN3)nc2cc1Cl. The Kier molecular flexibility index (Phi) is 2.33. The first-order valence-electron chi connectivity index (χ1n) is 5.32. The normalized spacial score (nSPS) is 20.8. The molecule has 1 atom stereocenters. The van der Waals surface area contributed by atoms with Crippen LogP contribution >= 0.6 is 11.6 Å². The first-order valence-corrected chi connectivity index (χ1v) is 5.70. The highest BCUT2D eigenvalue weighted by Gasteiger charge is 2.19. The van der Waals surface area contributed by atoms with E-state index in [1.54, 1.807) is 6.07 Å². The van der Waals surface area contributed by atoms with E-state index in [0.29, 0.717) is 5.52 Å². The quantitative estimate of drug-likeness (QED) is 0.804. The van der Waals surface area contributed by atoms with Gasteiger partial charge < -0.3 is 10.3 Å². The number of rotatable bonds is 1. The van der Waals surface area contributed by atoms with Gasteiger partial charge in [0.2, 0.25) is 0 Å². The van der Waals surface area contributed by atoms with E-state index in [1.807, 2.05) is 0 Å². The summed E-state index contributed by atoms with van der Waals surface area (Å²) in [5, 5.41) is 3.46. The summed E-state index contributed by atoms with van der Waals surface area (Å²) in [6, 6.07) is 3.21. The molecule has 2 aromatic rings. The van der Waals surface area contributed by atoms with E-state index in [2.05, 4.69) is 15.3 Å². The fraction of sp³-hybridized carbons (Fsp3) is 0.364. The fourth-order valence-corrected chi connectivity index (χ4v) is 2.27. The largest absolute Gasteiger partial charge is 0.341 e. The van der Waals surface area contributed by atoms with E-state index in [0.717, 1.165) is 30.7 Å². The van der Waals surface area contributed by atoms with Crippen LogP contribution in [-0.2, 0) is 0 Å². The molecule has 2 N–H and O–H groups in total. The Balaban J connectivity index is 2.08. The molecule has 3 nitrogen and oxygen atoms in total. The number of nitrogens with one attached hydrogen (secondary N) is 2. The summed E-state index contributed by atoms with van der Waals surface area (Å²) < 4.78 is 13.2. The first kappa shape index (κ1) is 10.1. The molecule has 1 saturated heterocycles. The second-order valence-corrected chi connectivity index (χ2v) is 4.46. The van der Waals surface area contributed by atoms with Crippen LogP contribution in [0, 0.1) is 5.82 Å². The molecule has 84 valence electrons. The third kappa shape index (κ3) is 1.58. The molecule has 1 unspecified atom stereocenters. The average molecular weight is 240 g/mol. The van der Waals surface area contributed by atoms with Crippen molar-refractivity contribution in [3.8, 4) is 0 Å². The number of hydrogen-bond acceptors (Lipinski definition) is 2. The molecule has 1 aromatic carbocycles. The second-order valence-electron chi connectivity index (χ2n) is 4.05. The smallest absolute Gasteiger partial charge is 0.144 e. The number of aromatic amines is 1. The molecule has 0 aliphatic carbocycles. The number of halogens is 2. The first-order chi connectivity index (χ1) is 7.74. The lowest BCUT2D eigenvalue weighted by atomic mass is 10.2. The zero-order valence-electron chi connectivity index (χ0n) is 8.56. The van der Waals surface area contributed by atoms with Crippen LogP contribution in [0.25, 0.3) is 11.0 Å². The van der Waals surface area contributed by atoms with Crippen molar-refractivity contribution in [2.24, 2.45) is 0 Å². The van der Waals surface area contributed by atoms with Gasteiger partial charge in [0.1, 0.15) is 11.6 Å². The Morgan fingerprint density at radius 2 is 2.31 bits per heavy atom. The zero-order valence-corrected chi connectivity index (χ0v) is 9.31. The molecule has 2 heterocycles. The van der Waals surface area contributed by atoms with Crippen LogP contribution in [0.5, 0.6) is 0 Å². The van der Waals surface area contributed by atoms with Crippen LogP contribution in [0.3, 0.4) is 0 Å². The van der Waals surface area contributed by atoms with E-state index in [-0.39, 0.29) is 11.1 Å². The van der Waals surface area contributed by atoms with Crippen molar-refractivity contribution in [3.05, 3.63) is 28.8 Å². The summed E-state index contributed by atoms with van der Waals surface area (Å²) in [7, 11) is 0. The lowest BCUT2D eigenvalue weighted by molar-refractivity contribution is 0.614. The highest BCUT2D eigenvalue weighted by Crippen LogP contribution is 2.26. The number of hydrogen-bond donors (Lipinski definition) is 2. The van der Waals surface area contributed by atoms with Crippen LogP contribution < -0.4 is 5.32 Å². The predicted octanol–water partition coefficient (Wildman–Crippen LogP) is 2.78. The van der Waals surface area contributed by atoms with Gasteiger partial charge in [0.05, 0.1) is 22.1 Å². The lowest BCUT2D eigenvalue weighted by Crippen LogP contribution is -2.13. The Bertz CT molecular complexity index is 492. The summed E-state index contributed by atoms with van der Waals surface area (Å²) in [5.41, 5.74) is 1.42. The Labute approximate surface area is 97.0 Å². The molecule has 1 aliphatic heterocycles. The molecule has 0 amide bonds. The second kappa shape index (κ2) is 3.71. The van der Waals surface area contributed by atoms with Crippen molar-refractivity contribution in [2.75, 3.05) is 6.54 Å². The van der Waals surface area contributed by atoms with Crippen LogP contribution in [0.2, 0.25) is 5.02 Å². The monoisotopic (exact) mass is 239 g/mol. The van der Waals surface area contributed by atoms with E-state index >= 15 is 0 Å². The standard InChI is InChI=1S/C11H11ClFN3/c12-6-4-9-10(5-7(6)13)16-11(15-9)8-2-1-3-14-8/h4-5,8,14H,1-3H2,(H,15,16). The maximum absolute atomic E-state index is 13.2. The lowest BCUT2D eigenvalue weighted by Gasteiger charge is -2.04. The maximum Gasteiger partial charge on any atom is 0.144 e. The van der Waals surface area contributed by atoms with Gasteiger partial charge in [-0.25, -0.2) is 9.37 Å². The van der Waals surface area contributed by atoms with Crippen molar-refractivity contribution >= 4 is 22.6 Å². The molecule has 1 aliphatic rings. The van der Waals surface area contributed by atoms with Gasteiger partial charge in [-0.1, -0.05) is 11.6 Å². The van der Waals surface area contributed by atoms with E-state index in [1.165, 1.54) is 6.07 Å². The summed E-state index contributed by atoms with van der Waals surface area (Å²) in [5.74, 6) is 0.456. The van der Waals surface area contributed by atoms with Crippen molar-refractivity contribution < 1.29 is 4.39 Å². The third-order valence-electron chi connectivity index (χ3n) is 2.93.